The van der Waals surface area contributed by atoms with Gasteiger partial charge in [0, 0.05) is 5.02 Å². The lowest BCUT2D eigenvalue weighted by atomic mass is 10.1. The first-order valence-electron chi connectivity index (χ1n) is 6.44. The molecule has 0 aliphatic heterocycles. The predicted octanol–water partition coefficient (Wildman–Crippen LogP) is 3.59. The van der Waals surface area contributed by atoms with Gasteiger partial charge in [0.2, 0.25) is 0 Å². The van der Waals surface area contributed by atoms with Gasteiger partial charge in [-0.25, -0.2) is 17.6 Å². The van der Waals surface area contributed by atoms with E-state index < -0.39 is 21.8 Å². The van der Waals surface area contributed by atoms with Crippen molar-refractivity contribution in [3.63, 3.8) is 0 Å². The van der Waals surface area contributed by atoms with E-state index in [0.717, 1.165) is 12.1 Å². The summed E-state index contributed by atoms with van der Waals surface area (Å²) in [6.07, 6.45) is 0. The average molecular weight is 358 g/mol. The molecule has 5 nitrogen and oxygen atoms in total. The second-order valence-corrected chi connectivity index (χ2v) is 7.04. The van der Waals surface area contributed by atoms with Crippen molar-refractivity contribution in [3.05, 3.63) is 57.9 Å². The summed E-state index contributed by atoms with van der Waals surface area (Å²) in [5, 5.41) is 9.19. The zero-order chi connectivity index (χ0) is 17.4. The minimum atomic E-state index is -4.15. The van der Waals surface area contributed by atoms with Crippen LogP contribution in [0.3, 0.4) is 0 Å². The van der Waals surface area contributed by atoms with Gasteiger partial charge in [-0.3, -0.25) is 4.72 Å². The second kappa shape index (κ2) is 6.17. The van der Waals surface area contributed by atoms with Crippen LogP contribution in [-0.4, -0.2) is 19.5 Å². The Balaban J connectivity index is 2.53. The number of rotatable bonds is 4. The molecule has 0 aromatic heterocycles. The van der Waals surface area contributed by atoms with Crippen molar-refractivity contribution in [3.8, 4) is 0 Å². The van der Waals surface area contributed by atoms with Crippen LogP contribution in [0.5, 0.6) is 0 Å². The van der Waals surface area contributed by atoms with Gasteiger partial charge in [0.1, 0.15) is 5.82 Å². The molecule has 2 rings (SSSR count). The number of halogens is 2. The summed E-state index contributed by atoms with van der Waals surface area (Å²) in [4.78, 5) is 10.9. The third-order valence-corrected chi connectivity index (χ3v) is 5.06. The van der Waals surface area contributed by atoms with Gasteiger partial charge in [-0.15, -0.1) is 0 Å². The molecule has 0 radical (unpaired) electrons. The Labute approximate surface area is 137 Å². The molecule has 0 spiro atoms. The number of aryl methyl sites for hydroxylation is 1. The van der Waals surface area contributed by atoms with Crippen LogP contribution in [0.1, 0.15) is 21.5 Å². The van der Waals surface area contributed by atoms with Crippen molar-refractivity contribution in [2.24, 2.45) is 0 Å². The molecule has 2 aromatic rings. The van der Waals surface area contributed by atoms with E-state index in [2.05, 4.69) is 4.72 Å². The summed E-state index contributed by atoms with van der Waals surface area (Å²) in [7, 11) is -4.15. The third kappa shape index (κ3) is 3.62. The molecular formula is C15H13ClFNO4S. The first-order valence-corrected chi connectivity index (χ1v) is 8.30. The van der Waals surface area contributed by atoms with Crippen LogP contribution in [0.4, 0.5) is 10.1 Å². The maximum atomic E-state index is 13.8. The van der Waals surface area contributed by atoms with Crippen molar-refractivity contribution in [1.29, 1.82) is 0 Å². The molecule has 2 aromatic carbocycles. The lowest BCUT2D eigenvalue weighted by Crippen LogP contribution is -2.16. The fraction of sp³-hybridized carbons (Fsp3) is 0.133. The summed E-state index contributed by atoms with van der Waals surface area (Å²) in [5.74, 6) is -2.08. The minimum Gasteiger partial charge on any atom is -0.478 e. The highest BCUT2D eigenvalue weighted by atomic mass is 35.5. The fourth-order valence-corrected chi connectivity index (χ4v) is 3.57. The molecule has 0 atom stereocenters. The molecule has 0 unspecified atom stereocenters. The Kier molecular flexibility index (Phi) is 4.63. The van der Waals surface area contributed by atoms with Gasteiger partial charge in [0.25, 0.3) is 10.0 Å². The van der Waals surface area contributed by atoms with E-state index in [9.17, 15) is 17.6 Å². The fourth-order valence-electron chi connectivity index (χ4n) is 2.00. The molecule has 8 heteroatoms. The molecule has 0 fully saturated rings. The number of sulfonamides is 1. The monoisotopic (exact) mass is 357 g/mol. The second-order valence-electron chi connectivity index (χ2n) is 4.95. The first-order chi connectivity index (χ1) is 10.6. The van der Waals surface area contributed by atoms with E-state index in [4.69, 9.17) is 16.7 Å². The lowest BCUT2D eigenvalue weighted by Gasteiger charge is -2.13. The Morgan fingerprint density at radius 3 is 2.43 bits per heavy atom. The Morgan fingerprint density at radius 1 is 1.22 bits per heavy atom. The van der Waals surface area contributed by atoms with Crippen LogP contribution in [0, 0.1) is 19.7 Å². The van der Waals surface area contributed by atoms with Gasteiger partial charge in [-0.1, -0.05) is 11.6 Å². The largest absolute Gasteiger partial charge is 0.478 e. The molecule has 2 N–H and O–H groups in total. The van der Waals surface area contributed by atoms with Crippen LogP contribution in [0.15, 0.2) is 35.2 Å². The van der Waals surface area contributed by atoms with Crippen molar-refractivity contribution in [1.82, 2.24) is 0 Å². The van der Waals surface area contributed by atoms with Crippen molar-refractivity contribution < 1.29 is 22.7 Å². The Bertz CT molecular complexity index is 897. The number of carbonyl (C=O) groups is 1. The molecule has 0 saturated carbocycles. The highest BCUT2D eigenvalue weighted by Gasteiger charge is 2.22. The summed E-state index contributed by atoms with van der Waals surface area (Å²) >= 11 is 5.62. The lowest BCUT2D eigenvalue weighted by molar-refractivity contribution is 0.0696. The van der Waals surface area contributed by atoms with Crippen LogP contribution in [0.2, 0.25) is 5.02 Å². The molecule has 0 aliphatic carbocycles. The van der Waals surface area contributed by atoms with Gasteiger partial charge < -0.3 is 5.11 Å². The normalized spacial score (nSPS) is 11.3. The van der Waals surface area contributed by atoms with E-state index in [1.54, 1.807) is 13.8 Å². The maximum Gasteiger partial charge on any atom is 0.335 e. The van der Waals surface area contributed by atoms with E-state index in [1.807, 2.05) is 0 Å². The summed E-state index contributed by atoms with van der Waals surface area (Å²) < 4.78 is 40.9. The van der Waals surface area contributed by atoms with Gasteiger partial charge in [-0.2, -0.15) is 0 Å². The zero-order valence-corrected chi connectivity index (χ0v) is 13.8. The Hall–Kier alpha value is -2.12. The molecule has 0 saturated heterocycles. The molecular weight excluding hydrogens is 345 g/mol. The van der Waals surface area contributed by atoms with Crippen LogP contribution >= 0.6 is 11.6 Å². The summed E-state index contributed by atoms with van der Waals surface area (Å²) in [5.41, 5.74) is 0.455. The van der Waals surface area contributed by atoms with Gasteiger partial charge in [0.05, 0.1) is 16.1 Å². The van der Waals surface area contributed by atoms with E-state index in [0.29, 0.717) is 11.1 Å². The molecule has 0 amide bonds. The molecule has 23 heavy (non-hydrogen) atoms. The van der Waals surface area contributed by atoms with Crippen LogP contribution in [0.25, 0.3) is 0 Å². The van der Waals surface area contributed by atoms with Crippen molar-refractivity contribution >= 4 is 33.3 Å². The number of benzene rings is 2. The Morgan fingerprint density at radius 2 is 1.87 bits per heavy atom. The number of nitrogens with one attached hydrogen (secondary N) is 1. The highest BCUT2D eigenvalue weighted by molar-refractivity contribution is 7.92. The number of carboxylic acids is 1. The number of anilines is 1. The van der Waals surface area contributed by atoms with Crippen molar-refractivity contribution in [2.45, 2.75) is 18.7 Å². The van der Waals surface area contributed by atoms with Crippen molar-refractivity contribution in [2.75, 3.05) is 4.72 Å². The number of hydrogen-bond donors (Lipinski definition) is 2. The average Bonchev–Trinajstić information content (AvgIpc) is 2.44. The maximum absolute atomic E-state index is 13.8. The number of carboxylic acid groups (broad SMARTS) is 1. The summed E-state index contributed by atoms with van der Waals surface area (Å²) in [6, 6.07) is 5.93. The number of aromatic carboxylic acids is 1. The van der Waals surface area contributed by atoms with Gasteiger partial charge in [-0.05, 0) is 55.3 Å². The quantitative estimate of drug-likeness (QED) is 0.875. The molecule has 0 aliphatic rings. The van der Waals surface area contributed by atoms with Gasteiger partial charge >= 0.3 is 5.97 Å². The standard InChI is InChI=1S/C15H13ClFNO4S/c1-8-5-10(15(19)20)6-14(9(8)2)23(21,22)18-13-4-3-11(16)7-12(13)17/h3-7,18H,1-2H3,(H,19,20). The van der Waals surface area contributed by atoms with Crippen LogP contribution in [-0.2, 0) is 10.0 Å². The number of hydrogen-bond acceptors (Lipinski definition) is 3. The molecule has 0 bridgehead atoms. The minimum absolute atomic E-state index is 0.130. The van der Waals surface area contributed by atoms with E-state index in [-0.39, 0.29) is 21.2 Å². The molecule has 122 valence electrons. The zero-order valence-electron chi connectivity index (χ0n) is 12.2. The highest BCUT2D eigenvalue weighted by Crippen LogP contribution is 2.26. The smallest absolute Gasteiger partial charge is 0.335 e. The van der Waals surface area contributed by atoms with Crippen LogP contribution < -0.4 is 4.72 Å². The van der Waals surface area contributed by atoms with Gasteiger partial charge in [0.15, 0.2) is 0 Å². The first kappa shape index (κ1) is 17.2. The topological polar surface area (TPSA) is 83.5 Å². The van der Waals surface area contributed by atoms with E-state index >= 15 is 0 Å². The molecule has 0 heterocycles. The third-order valence-electron chi connectivity index (χ3n) is 3.33. The van der Waals surface area contributed by atoms with E-state index in [1.165, 1.54) is 18.2 Å². The summed E-state index contributed by atoms with van der Waals surface area (Å²) in [6.45, 7) is 3.15. The SMILES string of the molecule is Cc1cc(C(=O)O)cc(S(=O)(=O)Nc2ccc(Cl)cc2F)c1C. The predicted molar refractivity (Wildman–Crippen MR) is 85.1 cm³/mol.